The molecule has 1 aliphatic heterocycles. The van der Waals surface area contributed by atoms with Gasteiger partial charge in [0, 0.05) is 29.5 Å². The summed E-state index contributed by atoms with van der Waals surface area (Å²) in [6, 6.07) is 8.30. The Morgan fingerprint density at radius 2 is 2.13 bits per heavy atom. The van der Waals surface area contributed by atoms with E-state index in [9.17, 15) is 4.79 Å². The van der Waals surface area contributed by atoms with Crippen molar-refractivity contribution in [2.24, 2.45) is 5.92 Å². The van der Waals surface area contributed by atoms with Crippen molar-refractivity contribution in [3.63, 3.8) is 0 Å². The number of rotatable bonds is 5. The van der Waals surface area contributed by atoms with Crippen LogP contribution in [0.25, 0.3) is 11.3 Å². The quantitative estimate of drug-likeness (QED) is 0.916. The molecule has 1 N–H and O–H groups in total. The molecule has 0 spiro atoms. The highest BCUT2D eigenvalue weighted by Crippen LogP contribution is 2.28. The Kier molecular flexibility index (Phi) is 5.08. The van der Waals surface area contributed by atoms with Crippen molar-refractivity contribution in [3.05, 3.63) is 39.7 Å². The second-order valence-electron chi connectivity index (χ2n) is 6.08. The lowest BCUT2D eigenvalue weighted by molar-refractivity contribution is -0.120. The van der Waals surface area contributed by atoms with Crippen LogP contribution in [0.1, 0.15) is 21.9 Å². The zero-order chi connectivity index (χ0) is 16.2. The predicted molar refractivity (Wildman–Crippen MR) is 92.7 cm³/mol. The SMILES string of the molecule is Cc1ccc(-c2nc(C)sc2CC(=O)NC[C@@H]2CCOC2)cc1. The molecule has 0 unspecified atom stereocenters. The van der Waals surface area contributed by atoms with Crippen molar-refractivity contribution in [1.82, 2.24) is 10.3 Å². The first-order chi connectivity index (χ1) is 11.1. The van der Waals surface area contributed by atoms with Gasteiger partial charge in [0.2, 0.25) is 5.91 Å². The monoisotopic (exact) mass is 330 g/mol. The molecule has 0 saturated carbocycles. The van der Waals surface area contributed by atoms with E-state index in [-0.39, 0.29) is 5.91 Å². The second kappa shape index (κ2) is 7.23. The van der Waals surface area contributed by atoms with Gasteiger partial charge in [0.25, 0.3) is 0 Å². The number of amides is 1. The first kappa shape index (κ1) is 16.1. The molecule has 0 bridgehead atoms. The van der Waals surface area contributed by atoms with E-state index in [1.165, 1.54) is 5.56 Å². The smallest absolute Gasteiger partial charge is 0.225 e. The molecule has 1 fully saturated rings. The molecule has 1 aliphatic rings. The van der Waals surface area contributed by atoms with Crippen LogP contribution in [0.4, 0.5) is 0 Å². The van der Waals surface area contributed by atoms with Gasteiger partial charge in [-0.15, -0.1) is 11.3 Å². The molecule has 2 aromatic rings. The summed E-state index contributed by atoms with van der Waals surface area (Å²) in [5.74, 6) is 0.521. The average molecular weight is 330 g/mol. The summed E-state index contributed by atoms with van der Waals surface area (Å²) in [5.41, 5.74) is 3.23. The number of thiazole rings is 1. The fraction of sp³-hybridized carbons (Fsp3) is 0.444. The van der Waals surface area contributed by atoms with E-state index in [0.29, 0.717) is 18.9 Å². The average Bonchev–Trinajstić information content (AvgIpc) is 3.16. The fourth-order valence-electron chi connectivity index (χ4n) is 2.74. The van der Waals surface area contributed by atoms with Gasteiger partial charge in [-0.3, -0.25) is 4.79 Å². The third-order valence-corrected chi connectivity index (χ3v) is 5.03. The molecule has 0 aliphatic carbocycles. The van der Waals surface area contributed by atoms with Crippen LogP contribution in [0, 0.1) is 19.8 Å². The largest absolute Gasteiger partial charge is 0.381 e. The molecule has 122 valence electrons. The molecule has 3 rings (SSSR count). The van der Waals surface area contributed by atoms with Crippen molar-refractivity contribution < 1.29 is 9.53 Å². The summed E-state index contributed by atoms with van der Waals surface area (Å²) in [4.78, 5) is 17.9. The minimum Gasteiger partial charge on any atom is -0.381 e. The second-order valence-corrected chi connectivity index (χ2v) is 7.37. The standard InChI is InChI=1S/C18H22N2O2S/c1-12-3-5-15(6-4-12)18-16(23-13(2)20-18)9-17(21)19-10-14-7-8-22-11-14/h3-6,14H,7-11H2,1-2H3,(H,19,21)/t14-/m0/s1. The molecule has 1 atom stereocenters. The van der Waals surface area contributed by atoms with Gasteiger partial charge in [-0.25, -0.2) is 4.98 Å². The van der Waals surface area contributed by atoms with E-state index in [4.69, 9.17) is 4.74 Å². The van der Waals surface area contributed by atoms with E-state index in [0.717, 1.165) is 40.8 Å². The molecule has 1 amide bonds. The van der Waals surface area contributed by atoms with Crippen LogP contribution < -0.4 is 5.32 Å². The summed E-state index contributed by atoms with van der Waals surface area (Å²) in [5, 5.41) is 4.02. The van der Waals surface area contributed by atoms with E-state index < -0.39 is 0 Å². The topological polar surface area (TPSA) is 51.2 Å². The summed E-state index contributed by atoms with van der Waals surface area (Å²) in [6.07, 6.45) is 1.43. The van der Waals surface area contributed by atoms with Gasteiger partial charge >= 0.3 is 0 Å². The maximum absolute atomic E-state index is 12.2. The number of carbonyl (C=O) groups is 1. The Morgan fingerprint density at radius 1 is 1.35 bits per heavy atom. The highest BCUT2D eigenvalue weighted by Gasteiger charge is 2.18. The zero-order valence-corrected chi connectivity index (χ0v) is 14.4. The predicted octanol–water partition coefficient (Wildman–Crippen LogP) is 3.12. The molecule has 1 aromatic heterocycles. The summed E-state index contributed by atoms with van der Waals surface area (Å²) >= 11 is 1.60. The first-order valence-electron chi connectivity index (χ1n) is 7.99. The fourth-order valence-corrected chi connectivity index (χ4v) is 3.69. The molecule has 4 nitrogen and oxygen atoms in total. The minimum atomic E-state index is 0.0638. The number of nitrogens with one attached hydrogen (secondary N) is 1. The summed E-state index contributed by atoms with van der Waals surface area (Å²) in [7, 11) is 0. The number of nitrogens with zero attached hydrogens (tertiary/aromatic N) is 1. The Bertz CT molecular complexity index is 673. The zero-order valence-electron chi connectivity index (χ0n) is 13.6. The van der Waals surface area contributed by atoms with Crippen LogP contribution in [-0.4, -0.2) is 30.6 Å². The van der Waals surface area contributed by atoms with Crippen LogP contribution in [0.3, 0.4) is 0 Å². The lowest BCUT2D eigenvalue weighted by atomic mass is 10.1. The van der Waals surface area contributed by atoms with Gasteiger partial charge < -0.3 is 10.1 Å². The lowest BCUT2D eigenvalue weighted by Crippen LogP contribution is -2.30. The highest BCUT2D eigenvalue weighted by molar-refractivity contribution is 7.12. The normalized spacial score (nSPS) is 17.4. The lowest BCUT2D eigenvalue weighted by Gasteiger charge is -2.09. The third-order valence-electron chi connectivity index (χ3n) is 4.06. The van der Waals surface area contributed by atoms with Gasteiger partial charge in [-0.2, -0.15) is 0 Å². The Morgan fingerprint density at radius 3 is 2.83 bits per heavy atom. The van der Waals surface area contributed by atoms with E-state index in [1.54, 1.807) is 11.3 Å². The van der Waals surface area contributed by atoms with Crippen molar-refractivity contribution >= 4 is 17.2 Å². The van der Waals surface area contributed by atoms with Crippen LogP contribution in [-0.2, 0) is 16.0 Å². The maximum atomic E-state index is 12.2. The van der Waals surface area contributed by atoms with E-state index in [1.807, 2.05) is 6.92 Å². The number of hydrogen-bond acceptors (Lipinski definition) is 4. The molecular weight excluding hydrogens is 308 g/mol. The summed E-state index contributed by atoms with van der Waals surface area (Å²) < 4.78 is 5.34. The first-order valence-corrected chi connectivity index (χ1v) is 8.81. The number of ether oxygens (including phenoxy) is 1. The van der Waals surface area contributed by atoms with Crippen LogP contribution in [0.15, 0.2) is 24.3 Å². The molecular formula is C18H22N2O2S. The summed E-state index contributed by atoms with van der Waals surface area (Å²) in [6.45, 7) is 6.33. The Hall–Kier alpha value is -1.72. The van der Waals surface area contributed by atoms with Gasteiger partial charge in [-0.05, 0) is 20.3 Å². The molecule has 5 heteroatoms. The number of hydrogen-bond donors (Lipinski definition) is 1. The van der Waals surface area contributed by atoms with Crippen LogP contribution in [0.2, 0.25) is 0 Å². The van der Waals surface area contributed by atoms with Gasteiger partial charge in [-0.1, -0.05) is 29.8 Å². The van der Waals surface area contributed by atoms with Crippen molar-refractivity contribution in [1.29, 1.82) is 0 Å². The number of aromatic nitrogens is 1. The minimum absolute atomic E-state index is 0.0638. The van der Waals surface area contributed by atoms with Gasteiger partial charge in [0.05, 0.1) is 23.7 Å². The van der Waals surface area contributed by atoms with Gasteiger partial charge in [0.15, 0.2) is 0 Å². The van der Waals surface area contributed by atoms with Crippen molar-refractivity contribution in [2.45, 2.75) is 26.7 Å². The molecule has 23 heavy (non-hydrogen) atoms. The molecule has 0 radical (unpaired) electrons. The third kappa shape index (κ3) is 4.18. The Labute approximate surface area is 140 Å². The van der Waals surface area contributed by atoms with Gasteiger partial charge in [0.1, 0.15) is 0 Å². The van der Waals surface area contributed by atoms with Crippen LogP contribution in [0.5, 0.6) is 0 Å². The Balaban J connectivity index is 1.67. The van der Waals surface area contributed by atoms with Crippen molar-refractivity contribution in [3.8, 4) is 11.3 Å². The molecule has 1 saturated heterocycles. The number of carbonyl (C=O) groups excluding carboxylic acids is 1. The van der Waals surface area contributed by atoms with Crippen molar-refractivity contribution in [2.75, 3.05) is 19.8 Å². The highest BCUT2D eigenvalue weighted by atomic mass is 32.1. The maximum Gasteiger partial charge on any atom is 0.225 e. The van der Waals surface area contributed by atoms with E-state index >= 15 is 0 Å². The molecule has 2 heterocycles. The van der Waals surface area contributed by atoms with Crippen LogP contribution >= 0.6 is 11.3 Å². The molecule has 1 aromatic carbocycles. The number of aryl methyl sites for hydroxylation is 2. The number of benzene rings is 1. The van der Waals surface area contributed by atoms with E-state index in [2.05, 4.69) is 41.5 Å².